The summed E-state index contributed by atoms with van der Waals surface area (Å²) in [6.45, 7) is 6.97. The van der Waals surface area contributed by atoms with E-state index in [9.17, 15) is 0 Å². The van der Waals surface area contributed by atoms with Crippen molar-refractivity contribution in [1.82, 2.24) is 0 Å². The Kier molecular flexibility index (Phi) is 5.52. The van der Waals surface area contributed by atoms with Crippen LogP contribution in [-0.2, 0) is 4.74 Å². The van der Waals surface area contributed by atoms with E-state index in [1.165, 1.54) is 0 Å². The molecular weight excluding hydrogens is 246 g/mol. The zero-order valence-electron chi connectivity index (χ0n) is 11.3. The lowest BCUT2D eigenvalue weighted by Crippen LogP contribution is -2.22. The summed E-state index contributed by atoms with van der Waals surface area (Å²) in [5.41, 5.74) is 0.434. The van der Waals surface area contributed by atoms with Gasteiger partial charge in [0, 0.05) is 4.90 Å². The Balaban J connectivity index is 2.60. The third kappa shape index (κ3) is 4.59. The summed E-state index contributed by atoms with van der Waals surface area (Å²) in [5, 5.41) is 9.14. The van der Waals surface area contributed by atoms with E-state index in [4.69, 9.17) is 14.7 Å². The molecule has 1 aromatic rings. The summed E-state index contributed by atoms with van der Waals surface area (Å²) in [7, 11) is 0. The normalized spacial score (nSPS) is 11.1. The van der Waals surface area contributed by atoms with Crippen LogP contribution in [0, 0.1) is 11.3 Å². The van der Waals surface area contributed by atoms with Crippen LogP contribution in [0.5, 0.6) is 5.75 Å². The largest absolute Gasteiger partial charge is 0.490 e. The minimum absolute atomic E-state index is 0.164. The lowest BCUT2D eigenvalue weighted by Gasteiger charge is -2.19. The Morgan fingerprint density at radius 3 is 2.56 bits per heavy atom. The molecule has 4 heteroatoms. The fraction of sp³-hybridized carbons (Fsp3) is 0.500. The number of nitriles is 1. The monoisotopic (exact) mass is 265 g/mol. The quantitative estimate of drug-likeness (QED) is 0.604. The molecule has 0 aliphatic rings. The Labute approximate surface area is 113 Å². The second-order valence-electron chi connectivity index (χ2n) is 4.75. The van der Waals surface area contributed by atoms with Gasteiger partial charge < -0.3 is 9.47 Å². The average Bonchev–Trinajstić information content (AvgIpc) is 2.32. The van der Waals surface area contributed by atoms with Crippen LogP contribution in [0.2, 0.25) is 0 Å². The highest BCUT2D eigenvalue weighted by molar-refractivity contribution is 7.98. The van der Waals surface area contributed by atoms with E-state index in [1.807, 2.05) is 45.2 Å². The minimum Gasteiger partial charge on any atom is -0.490 e. The first-order valence-electron chi connectivity index (χ1n) is 5.82. The smallest absolute Gasteiger partial charge is 0.138 e. The zero-order valence-corrected chi connectivity index (χ0v) is 12.1. The third-order valence-corrected chi connectivity index (χ3v) is 2.98. The minimum atomic E-state index is -0.164. The summed E-state index contributed by atoms with van der Waals surface area (Å²) in [5.74, 6) is 0.627. The Morgan fingerprint density at radius 1 is 1.28 bits per heavy atom. The van der Waals surface area contributed by atoms with Crippen molar-refractivity contribution in [3.05, 3.63) is 23.8 Å². The molecule has 0 saturated carbocycles. The van der Waals surface area contributed by atoms with E-state index in [1.54, 1.807) is 11.8 Å². The van der Waals surface area contributed by atoms with Gasteiger partial charge in [-0.3, -0.25) is 0 Å². The molecule has 3 nitrogen and oxygen atoms in total. The van der Waals surface area contributed by atoms with E-state index in [2.05, 4.69) is 6.07 Å². The Morgan fingerprint density at radius 2 is 2.00 bits per heavy atom. The van der Waals surface area contributed by atoms with E-state index in [0.717, 1.165) is 4.90 Å². The maximum absolute atomic E-state index is 9.14. The molecule has 0 amide bonds. The predicted octanol–water partition coefficient (Wildman–Crippen LogP) is 3.47. The van der Waals surface area contributed by atoms with Gasteiger partial charge in [0.1, 0.15) is 24.0 Å². The number of nitrogens with zero attached hydrogens (tertiary/aromatic N) is 1. The topological polar surface area (TPSA) is 42.2 Å². The molecule has 0 saturated heterocycles. The van der Waals surface area contributed by atoms with Gasteiger partial charge >= 0.3 is 0 Å². The van der Waals surface area contributed by atoms with Gasteiger partial charge in [-0.1, -0.05) is 6.07 Å². The molecular formula is C14H19NO2S. The van der Waals surface area contributed by atoms with Crippen molar-refractivity contribution in [2.45, 2.75) is 31.3 Å². The van der Waals surface area contributed by atoms with Gasteiger partial charge in [0.15, 0.2) is 0 Å². The van der Waals surface area contributed by atoms with Gasteiger partial charge in [0.05, 0.1) is 12.2 Å². The Hall–Kier alpha value is -1.18. The van der Waals surface area contributed by atoms with E-state index >= 15 is 0 Å². The van der Waals surface area contributed by atoms with Gasteiger partial charge in [-0.25, -0.2) is 0 Å². The summed E-state index contributed by atoms with van der Waals surface area (Å²) < 4.78 is 11.2. The first kappa shape index (κ1) is 14.9. The maximum Gasteiger partial charge on any atom is 0.138 e. The van der Waals surface area contributed by atoms with Crippen LogP contribution in [0.25, 0.3) is 0 Å². The van der Waals surface area contributed by atoms with E-state index in [-0.39, 0.29) is 5.60 Å². The molecule has 0 aromatic heterocycles. The fourth-order valence-electron chi connectivity index (χ4n) is 1.41. The van der Waals surface area contributed by atoms with E-state index < -0.39 is 0 Å². The van der Waals surface area contributed by atoms with Crippen molar-refractivity contribution in [3.63, 3.8) is 0 Å². The van der Waals surface area contributed by atoms with Crippen LogP contribution < -0.4 is 4.74 Å². The van der Waals surface area contributed by atoms with Gasteiger partial charge in [-0.15, -0.1) is 11.8 Å². The lowest BCUT2D eigenvalue weighted by atomic mass is 10.2. The number of hydrogen-bond donors (Lipinski definition) is 0. The van der Waals surface area contributed by atoms with Gasteiger partial charge in [-0.05, 0) is 39.2 Å². The fourth-order valence-corrected chi connectivity index (χ4v) is 1.98. The van der Waals surface area contributed by atoms with E-state index in [0.29, 0.717) is 24.5 Å². The van der Waals surface area contributed by atoms with Gasteiger partial charge in [0.2, 0.25) is 0 Å². The van der Waals surface area contributed by atoms with Crippen molar-refractivity contribution < 1.29 is 9.47 Å². The number of benzene rings is 1. The summed E-state index contributed by atoms with van der Waals surface area (Å²) in [6, 6.07) is 7.81. The highest BCUT2D eigenvalue weighted by Crippen LogP contribution is 2.27. The summed E-state index contributed by atoms with van der Waals surface area (Å²) >= 11 is 1.54. The van der Waals surface area contributed by atoms with Crippen molar-refractivity contribution in [2.75, 3.05) is 19.5 Å². The molecule has 1 aromatic carbocycles. The van der Waals surface area contributed by atoms with Crippen molar-refractivity contribution in [1.29, 1.82) is 5.26 Å². The van der Waals surface area contributed by atoms with Crippen molar-refractivity contribution in [3.8, 4) is 11.8 Å². The standard InChI is InChI=1S/C14H19NO2S/c1-14(2,3)17-9-8-16-12-6-5-7-13(18-4)11(12)10-15/h5-7H,8-9H2,1-4H3. The van der Waals surface area contributed by atoms with Crippen LogP contribution in [0.4, 0.5) is 0 Å². The number of rotatable bonds is 5. The molecule has 0 spiro atoms. The van der Waals surface area contributed by atoms with Crippen LogP contribution in [-0.4, -0.2) is 25.1 Å². The second-order valence-corrected chi connectivity index (χ2v) is 5.60. The molecule has 0 aliphatic carbocycles. The summed E-state index contributed by atoms with van der Waals surface area (Å²) in [6.07, 6.45) is 1.95. The SMILES string of the molecule is CSc1cccc(OCCOC(C)(C)C)c1C#N. The zero-order chi connectivity index (χ0) is 13.6. The van der Waals surface area contributed by atoms with Crippen LogP contribution in [0.3, 0.4) is 0 Å². The molecule has 0 atom stereocenters. The molecule has 1 rings (SSSR count). The molecule has 0 bridgehead atoms. The third-order valence-electron chi connectivity index (χ3n) is 2.20. The molecule has 0 radical (unpaired) electrons. The average molecular weight is 265 g/mol. The second kappa shape index (κ2) is 6.67. The molecule has 0 heterocycles. The molecule has 0 fully saturated rings. The maximum atomic E-state index is 9.14. The molecule has 0 aliphatic heterocycles. The number of hydrogen-bond acceptors (Lipinski definition) is 4. The first-order chi connectivity index (χ1) is 8.48. The number of ether oxygens (including phenoxy) is 2. The van der Waals surface area contributed by atoms with Crippen LogP contribution in [0.1, 0.15) is 26.3 Å². The lowest BCUT2D eigenvalue weighted by molar-refractivity contribution is -0.0163. The first-order valence-corrected chi connectivity index (χ1v) is 7.04. The van der Waals surface area contributed by atoms with Gasteiger partial charge in [-0.2, -0.15) is 5.26 Å². The molecule has 98 valence electrons. The highest BCUT2D eigenvalue weighted by atomic mass is 32.2. The molecule has 0 N–H and O–H groups in total. The predicted molar refractivity (Wildman–Crippen MR) is 74.1 cm³/mol. The van der Waals surface area contributed by atoms with Crippen molar-refractivity contribution >= 4 is 11.8 Å². The number of thioether (sulfide) groups is 1. The molecule has 0 unspecified atom stereocenters. The van der Waals surface area contributed by atoms with Gasteiger partial charge in [0.25, 0.3) is 0 Å². The summed E-state index contributed by atoms with van der Waals surface area (Å²) in [4.78, 5) is 0.937. The van der Waals surface area contributed by atoms with Crippen LogP contribution in [0.15, 0.2) is 23.1 Å². The van der Waals surface area contributed by atoms with Crippen molar-refractivity contribution in [2.24, 2.45) is 0 Å². The highest BCUT2D eigenvalue weighted by Gasteiger charge is 2.11. The Bertz CT molecular complexity index is 432. The van der Waals surface area contributed by atoms with Crippen LogP contribution >= 0.6 is 11.8 Å². The molecule has 18 heavy (non-hydrogen) atoms.